The van der Waals surface area contributed by atoms with Crippen molar-refractivity contribution in [2.75, 3.05) is 0 Å². The standard InChI is InChI=1S/C18H21N5O3/c24-13-4-2-12(3-5-13)23-15-6-1-11(9-14(15)22-18(23)26)17(25)21-10-16-19-7-8-20-16/h1,6-9,12-13,24H,2-5,10H2,(H,19,20)(H,21,25)(H,22,26). The zero-order chi connectivity index (χ0) is 18.1. The number of nitrogens with one attached hydrogen (secondary N) is 3. The van der Waals surface area contributed by atoms with Gasteiger partial charge in [0.25, 0.3) is 5.91 Å². The number of amides is 1. The zero-order valence-electron chi connectivity index (χ0n) is 14.2. The monoisotopic (exact) mass is 355 g/mol. The van der Waals surface area contributed by atoms with E-state index >= 15 is 0 Å². The molecule has 2 heterocycles. The molecule has 0 radical (unpaired) electrons. The quantitative estimate of drug-likeness (QED) is 0.567. The first-order valence-electron chi connectivity index (χ1n) is 8.80. The number of aromatic nitrogens is 4. The maximum absolute atomic E-state index is 12.4. The number of aromatic amines is 2. The highest BCUT2D eigenvalue weighted by Crippen LogP contribution is 2.29. The fraction of sp³-hybridized carbons (Fsp3) is 0.389. The van der Waals surface area contributed by atoms with Gasteiger partial charge in [-0.1, -0.05) is 0 Å². The van der Waals surface area contributed by atoms with Crippen molar-refractivity contribution >= 4 is 16.9 Å². The summed E-state index contributed by atoms with van der Waals surface area (Å²) in [5.74, 6) is 0.455. The topological polar surface area (TPSA) is 116 Å². The van der Waals surface area contributed by atoms with Crippen LogP contribution in [0.4, 0.5) is 0 Å². The van der Waals surface area contributed by atoms with Gasteiger partial charge in [0.15, 0.2) is 0 Å². The molecule has 0 spiro atoms. The van der Waals surface area contributed by atoms with E-state index in [-0.39, 0.29) is 23.7 Å². The number of aliphatic hydroxyl groups excluding tert-OH is 1. The van der Waals surface area contributed by atoms with Crippen LogP contribution < -0.4 is 11.0 Å². The Bertz CT molecular complexity index is 965. The third-order valence-electron chi connectivity index (χ3n) is 4.98. The number of imidazole rings is 2. The van der Waals surface area contributed by atoms with Crippen molar-refractivity contribution < 1.29 is 9.90 Å². The molecule has 1 fully saturated rings. The smallest absolute Gasteiger partial charge is 0.326 e. The lowest BCUT2D eigenvalue weighted by Crippen LogP contribution is -2.27. The summed E-state index contributed by atoms with van der Waals surface area (Å²) in [6.45, 7) is 0.311. The maximum Gasteiger partial charge on any atom is 0.326 e. The Hall–Kier alpha value is -2.87. The Morgan fingerprint density at radius 3 is 2.85 bits per heavy atom. The second-order valence-corrected chi connectivity index (χ2v) is 6.71. The first-order chi connectivity index (χ1) is 12.6. The Morgan fingerprint density at radius 2 is 2.12 bits per heavy atom. The van der Waals surface area contributed by atoms with E-state index in [0.717, 1.165) is 18.4 Å². The first-order valence-corrected chi connectivity index (χ1v) is 8.80. The minimum atomic E-state index is -0.267. The largest absolute Gasteiger partial charge is 0.393 e. The number of H-pyrrole nitrogens is 2. The van der Waals surface area contributed by atoms with Crippen molar-refractivity contribution in [1.29, 1.82) is 0 Å². The Labute approximate surface area is 149 Å². The van der Waals surface area contributed by atoms with Crippen LogP contribution in [0.25, 0.3) is 11.0 Å². The van der Waals surface area contributed by atoms with Gasteiger partial charge >= 0.3 is 5.69 Å². The Kier molecular flexibility index (Phi) is 4.34. The van der Waals surface area contributed by atoms with Gasteiger partial charge in [0, 0.05) is 24.0 Å². The van der Waals surface area contributed by atoms with Gasteiger partial charge in [-0.2, -0.15) is 0 Å². The molecule has 0 atom stereocenters. The number of aliphatic hydroxyl groups is 1. The van der Waals surface area contributed by atoms with Gasteiger partial charge in [-0.3, -0.25) is 9.36 Å². The minimum absolute atomic E-state index is 0.0817. The van der Waals surface area contributed by atoms with E-state index < -0.39 is 0 Å². The second-order valence-electron chi connectivity index (χ2n) is 6.71. The predicted octanol–water partition coefficient (Wildman–Crippen LogP) is 1.46. The zero-order valence-corrected chi connectivity index (χ0v) is 14.2. The molecule has 1 saturated carbocycles. The lowest BCUT2D eigenvalue weighted by molar-refractivity contribution is 0.0950. The van der Waals surface area contributed by atoms with Crippen LogP contribution in [-0.2, 0) is 6.54 Å². The van der Waals surface area contributed by atoms with Crippen LogP contribution in [0.15, 0.2) is 35.4 Å². The molecule has 0 unspecified atom stereocenters. The number of hydrogen-bond donors (Lipinski definition) is 4. The summed E-state index contributed by atoms with van der Waals surface area (Å²) < 4.78 is 1.76. The maximum atomic E-state index is 12.4. The summed E-state index contributed by atoms with van der Waals surface area (Å²) in [6, 6.07) is 5.31. The summed E-state index contributed by atoms with van der Waals surface area (Å²) in [7, 11) is 0. The van der Waals surface area contributed by atoms with Crippen molar-refractivity contribution in [1.82, 2.24) is 24.8 Å². The SMILES string of the molecule is O=C(NCc1ncc[nH]1)c1ccc2c(c1)[nH]c(=O)n2C1CCC(O)CC1. The van der Waals surface area contributed by atoms with Crippen LogP contribution in [0.2, 0.25) is 0 Å². The highest BCUT2D eigenvalue weighted by atomic mass is 16.3. The van der Waals surface area contributed by atoms with Crippen LogP contribution in [0.3, 0.4) is 0 Å². The molecule has 4 N–H and O–H groups in total. The normalized spacial score (nSPS) is 20.3. The molecule has 1 aromatic carbocycles. The predicted molar refractivity (Wildman–Crippen MR) is 95.8 cm³/mol. The average molecular weight is 355 g/mol. The van der Waals surface area contributed by atoms with Gasteiger partial charge < -0.3 is 20.4 Å². The van der Waals surface area contributed by atoms with Crippen LogP contribution in [0.5, 0.6) is 0 Å². The van der Waals surface area contributed by atoms with Gasteiger partial charge in [-0.25, -0.2) is 9.78 Å². The van der Waals surface area contributed by atoms with Crippen LogP contribution >= 0.6 is 0 Å². The Morgan fingerprint density at radius 1 is 1.31 bits per heavy atom. The number of hydrogen-bond acceptors (Lipinski definition) is 4. The molecule has 1 aliphatic rings. The van der Waals surface area contributed by atoms with Crippen molar-refractivity contribution in [3.05, 3.63) is 52.5 Å². The highest BCUT2D eigenvalue weighted by Gasteiger charge is 2.24. The molecule has 26 heavy (non-hydrogen) atoms. The molecule has 136 valence electrons. The minimum Gasteiger partial charge on any atom is -0.393 e. The first kappa shape index (κ1) is 16.6. The number of carbonyl (C=O) groups excluding carboxylic acids is 1. The summed E-state index contributed by atoms with van der Waals surface area (Å²) in [5.41, 5.74) is 1.75. The molecule has 8 nitrogen and oxygen atoms in total. The fourth-order valence-corrected chi connectivity index (χ4v) is 3.61. The summed E-state index contributed by atoms with van der Waals surface area (Å²) >= 11 is 0. The van der Waals surface area contributed by atoms with Gasteiger partial charge in [-0.05, 0) is 43.9 Å². The molecule has 0 aliphatic heterocycles. The van der Waals surface area contributed by atoms with E-state index in [1.165, 1.54) is 0 Å². The van der Waals surface area contributed by atoms with E-state index in [9.17, 15) is 14.7 Å². The van der Waals surface area contributed by atoms with E-state index in [4.69, 9.17) is 0 Å². The van der Waals surface area contributed by atoms with Gasteiger partial charge in [0.05, 0.1) is 23.7 Å². The number of rotatable bonds is 4. The molecule has 3 aromatic rings. The molecule has 8 heteroatoms. The molecule has 4 rings (SSSR count). The van der Waals surface area contributed by atoms with Crippen molar-refractivity contribution in [2.24, 2.45) is 0 Å². The van der Waals surface area contributed by atoms with Gasteiger partial charge in [0.1, 0.15) is 5.82 Å². The molecular formula is C18H21N5O3. The van der Waals surface area contributed by atoms with Crippen molar-refractivity contribution in [2.45, 2.75) is 44.4 Å². The summed E-state index contributed by atoms with van der Waals surface area (Å²) in [5, 5.41) is 12.5. The summed E-state index contributed by atoms with van der Waals surface area (Å²) in [4.78, 5) is 34.6. The molecular weight excluding hydrogens is 334 g/mol. The van der Waals surface area contributed by atoms with Crippen LogP contribution in [-0.4, -0.2) is 36.6 Å². The third kappa shape index (κ3) is 3.15. The molecule has 1 amide bonds. The fourth-order valence-electron chi connectivity index (χ4n) is 3.61. The average Bonchev–Trinajstić information content (AvgIpc) is 3.27. The Balaban J connectivity index is 1.56. The van der Waals surface area contributed by atoms with Gasteiger partial charge in [-0.15, -0.1) is 0 Å². The van der Waals surface area contributed by atoms with E-state index in [2.05, 4.69) is 20.3 Å². The summed E-state index contributed by atoms with van der Waals surface area (Å²) in [6.07, 6.45) is 6.03. The highest BCUT2D eigenvalue weighted by molar-refractivity contribution is 5.97. The number of carbonyl (C=O) groups is 1. The number of nitrogens with zero attached hydrogens (tertiary/aromatic N) is 2. The van der Waals surface area contributed by atoms with E-state index in [1.54, 1.807) is 35.2 Å². The van der Waals surface area contributed by atoms with E-state index in [1.807, 2.05) is 0 Å². The van der Waals surface area contributed by atoms with Crippen LogP contribution in [0, 0.1) is 0 Å². The molecule has 0 bridgehead atoms. The second kappa shape index (κ2) is 6.80. The molecule has 0 saturated heterocycles. The van der Waals surface area contributed by atoms with Crippen LogP contribution in [0.1, 0.15) is 47.9 Å². The van der Waals surface area contributed by atoms with Gasteiger partial charge in [0.2, 0.25) is 0 Å². The van der Waals surface area contributed by atoms with E-state index in [0.29, 0.717) is 36.3 Å². The molecule has 1 aliphatic carbocycles. The number of fused-ring (bicyclic) bond motifs is 1. The van der Waals surface area contributed by atoms with Crippen molar-refractivity contribution in [3.63, 3.8) is 0 Å². The molecule has 2 aromatic heterocycles. The van der Waals surface area contributed by atoms with Crippen molar-refractivity contribution in [3.8, 4) is 0 Å². The number of benzene rings is 1. The third-order valence-corrected chi connectivity index (χ3v) is 4.98. The lowest BCUT2D eigenvalue weighted by Gasteiger charge is -2.26. The lowest BCUT2D eigenvalue weighted by atomic mass is 9.93.